The first-order chi connectivity index (χ1) is 14.8. The van der Waals surface area contributed by atoms with Crippen LogP contribution in [0.5, 0.6) is 0 Å². The quantitative estimate of drug-likeness (QED) is 0.265. The molecule has 0 N–H and O–H groups in total. The van der Waals surface area contributed by atoms with Crippen LogP contribution >= 0.6 is 15.9 Å². The number of pyridine rings is 1. The Labute approximate surface area is 196 Å². The first kappa shape index (κ1) is 24.6. The largest absolute Gasteiger partial charge is 0.399 e. The van der Waals surface area contributed by atoms with Gasteiger partial charge in [-0.2, -0.15) is 13.2 Å². The van der Waals surface area contributed by atoms with Crippen molar-refractivity contribution in [1.82, 2.24) is 9.38 Å². The second kappa shape index (κ2) is 9.04. The molecule has 170 valence electrons. The molecule has 0 amide bonds. The van der Waals surface area contributed by atoms with Gasteiger partial charge in [0.05, 0.1) is 16.6 Å². The van der Waals surface area contributed by atoms with Crippen molar-refractivity contribution in [2.45, 2.75) is 57.6 Å². The highest BCUT2D eigenvalue weighted by atomic mass is 79.9. The van der Waals surface area contributed by atoms with Gasteiger partial charge in [-0.3, -0.25) is 0 Å². The lowest BCUT2D eigenvalue weighted by molar-refractivity contribution is -0.128. The van der Waals surface area contributed by atoms with Gasteiger partial charge >= 0.3 is 6.18 Å². The van der Waals surface area contributed by atoms with Crippen molar-refractivity contribution in [2.75, 3.05) is 0 Å². The summed E-state index contributed by atoms with van der Waals surface area (Å²) in [5, 5.41) is -0.0445. The van der Waals surface area contributed by atoms with E-state index in [9.17, 15) is 13.2 Å². The first-order valence-electron chi connectivity index (χ1n) is 10.2. The molecule has 0 aliphatic carbocycles. The zero-order valence-corrected chi connectivity index (χ0v) is 21.3. The highest BCUT2D eigenvalue weighted by Crippen LogP contribution is 2.39. The molecule has 0 unspecified atom stereocenters. The number of alkyl halides is 3. The fourth-order valence-electron chi connectivity index (χ4n) is 2.96. The minimum atomic E-state index is -4.38. The zero-order valence-electron chi connectivity index (χ0n) is 18.7. The maximum Gasteiger partial charge on any atom is 0.394 e. The number of hydrogen-bond acceptors (Lipinski definition) is 2. The molecule has 0 aliphatic rings. The normalized spacial score (nSPS) is 13.7. The maximum absolute atomic E-state index is 13.3. The van der Waals surface area contributed by atoms with Crippen LogP contribution in [0.2, 0.25) is 18.1 Å². The number of aromatic nitrogens is 2. The maximum atomic E-state index is 13.3. The number of imidazole rings is 1. The minimum absolute atomic E-state index is 0.0143. The summed E-state index contributed by atoms with van der Waals surface area (Å²) in [6.07, 6.45) is -4.50. The van der Waals surface area contributed by atoms with Crippen LogP contribution in [-0.2, 0) is 10.8 Å². The smallest absolute Gasteiger partial charge is 0.394 e. The molecule has 2 heterocycles. The molecule has 3 aromatic rings. The Morgan fingerprint density at radius 2 is 1.75 bits per heavy atom. The predicted molar refractivity (Wildman–Crippen MR) is 127 cm³/mol. The van der Waals surface area contributed by atoms with E-state index in [4.69, 9.17) is 4.43 Å². The van der Waals surface area contributed by atoms with Gasteiger partial charge in [-0.15, -0.1) is 0 Å². The third kappa shape index (κ3) is 5.63. The minimum Gasteiger partial charge on any atom is -0.399 e. The fraction of sp³-hybridized carbons (Fsp3) is 0.375. The second-order valence-electron chi connectivity index (χ2n) is 9.19. The number of halogens is 4. The molecule has 1 aromatic carbocycles. The van der Waals surface area contributed by atoms with Crippen LogP contribution in [0.1, 0.15) is 43.8 Å². The molecule has 8 heteroatoms. The number of nitrogens with zero attached hydrogens (tertiary/aromatic N) is 2. The number of fused-ring (bicyclic) bond motifs is 1. The van der Waals surface area contributed by atoms with Gasteiger partial charge in [0.15, 0.2) is 14.0 Å². The van der Waals surface area contributed by atoms with Crippen LogP contribution in [0, 0.1) is 11.8 Å². The summed E-state index contributed by atoms with van der Waals surface area (Å²) >= 11 is 3.37. The first-order valence-corrected chi connectivity index (χ1v) is 14.0. The van der Waals surface area contributed by atoms with Crippen LogP contribution in [0.4, 0.5) is 13.2 Å². The van der Waals surface area contributed by atoms with Crippen LogP contribution in [0.15, 0.2) is 53.1 Å². The van der Waals surface area contributed by atoms with E-state index in [1.807, 2.05) is 30.3 Å². The highest BCUT2D eigenvalue weighted by Gasteiger charge is 2.39. The Kier molecular flexibility index (Phi) is 6.94. The Morgan fingerprint density at radius 3 is 2.34 bits per heavy atom. The van der Waals surface area contributed by atoms with E-state index < -0.39 is 27.0 Å². The lowest BCUT2D eigenvalue weighted by Gasteiger charge is -2.38. The fourth-order valence-corrected chi connectivity index (χ4v) is 4.53. The molecule has 3 nitrogen and oxygen atoms in total. The summed E-state index contributed by atoms with van der Waals surface area (Å²) in [7, 11) is -2.20. The van der Waals surface area contributed by atoms with E-state index in [-0.39, 0.29) is 16.4 Å². The van der Waals surface area contributed by atoms with Crippen molar-refractivity contribution in [3.63, 3.8) is 0 Å². The van der Waals surface area contributed by atoms with E-state index in [0.717, 1.165) is 5.56 Å². The number of hydrogen-bond donors (Lipinski definition) is 0. The number of rotatable bonds is 4. The Hall–Kier alpha value is -2.08. The van der Waals surface area contributed by atoms with Crippen molar-refractivity contribution in [3.05, 3.63) is 70.1 Å². The lowest BCUT2D eigenvalue weighted by atomic mass is 10.1. The van der Waals surface area contributed by atoms with E-state index in [2.05, 4.69) is 66.6 Å². The monoisotopic (exact) mass is 522 g/mol. The van der Waals surface area contributed by atoms with Crippen molar-refractivity contribution in [1.29, 1.82) is 0 Å². The lowest BCUT2D eigenvalue weighted by Crippen LogP contribution is -2.41. The van der Waals surface area contributed by atoms with Crippen LogP contribution in [0.3, 0.4) is 0 Å². The molecule has 0 saturated carbocycles. The molecule has 0 spiro atoms. The molecular weight excluding hydrogens is 497 g/mol. The van der Waals surface area contributed by atoms with E-state index >= 15 is 0 Å². The molecule has 0 saturated heterocycles. The third-order valence-corrected chi connectivity index (χ3v) is 10.8. The highest BCUT2D eigenvalue weighted by molar-refractivity contribution is 9.10. The average Bonchev–Trinajstić information content (AvgIpc) is 3.02. The van der Waals surface area contributed by atoms with Gasteiger partial charge in [0.1, 0.15) is 11.8 Å². The Balaban J connectivity index is 2.11. The van der Waals surface area contributed by atoms with Gasteiger partial charge in [0.2, 0.25) is 0 Å². The van der Waals surface area contributed by atoms with Gasteiger partial charge in [-0.25, -0.2) is 4.98 Å². The average molecular weight is 523 g/mol. The van der Waals surface area contributed by atoms with Crippen molar-refractivity contribution in [2.24, 2.45) is 0 Å². The molecular formula is C24H26BrF3N2OSi. The van der Waals surface area contributed by atoms with Crippen LogP contribution in [-0.4, -0.2) is 23.9 Å². The molecule has 2 aromatic heterocycles. The molecule has 3 rings (SSSR count). The van der Waals surface area contributed by atoms with Crippen molar-refractivity contribution in [3.8, 4) is 11.8 Å². The van der Waals surface area contributed by atoms with Crippen molar-refractivity contribution < 1.29 is 17.6 Å². The standard InChI is InChI=1S/C24H26BrF3N2OSi/c1-23(2,3)32(4,5)31-21(17-10-7-6-8-11-17)14-13-19-20(16-24(26,27)28)30-15-9-12-18(25)22(30)29-19/h6-12,15,21H,16H2,1-5H3/t21-/m0/s1. The summed E-state index contributed by atoms with van der Waals surface area (Å²) < 4.78 is 48.6. The van der Waals surface area contributed by atoms with E-state index in [1.54, 1.807) is 18.3 Å². The summed E-state index contributed by atoms with van der Waals surface area (Å²) in [6.45, 7) is 10.7. The summed E-state index contributed by atoms with van der Waals surface area (Å²) in [4.78, 5) is 4.41. The van der Waals surface area contributed by atoms with Crippen molar-refractivity contribution >= 4 is 29.9 Å². The molecule has 1 atom stereocenters. The Bertz CT molecular complexity index is 1160. The van der Waals surface area contributed by atoms with Crippen LogP contribution < -0.4 is 0 Å². The molecule has 32 heavy (non-hydrogen) atoms. The van der Waals surface area contributed by atoms with E-state index in [0.29, 0.717) is 10.1 Å². The van der Waals surface area contributed by atoms with Gasteiger partial charge in [0, 0.05) is 6.20 Å². The molecule has 0 radical (unpaired) electrons. The SMILES string of the molecule is CC(C)(C)[Si](C)(C)O[C@@H](C#Cc1nc2c(Br)cccn2c1CC(F)(F)F)c1ccccc1. The summed E-state index contributed by atoms with van der Waals surface area (Å²) in [5.74, 6) is 6.01. The van der Waals surface area contributed by atoms with Crippen LogP contribution in [0.25, 0.3) is 5.65 Å². The van der Waals surface area contributed by atoms with E-state index in [1.165, 1.54) is 4.40 Å². The molecule has 0 aliphatic heterocycles. The second-order valence-corrected chi connectivity index (χ2v) is 14.8. The summed E-state index contributed by atoms with van der Waals surface area (Å²) in [6, 6.07) is 13.0. The Morgan fingerprint density at radius 1 is 1.09 bits per heavy atom. The summed E-state index contributed by atoms with van der Waals surface area (Å²) in [5.41, 5.74) is 1.39. The third-order valence-electron chi connectivity index (χ3n) is 5.71. The molecule has 0 fully saturated rings. The van der Waals surface area contributed by atoms with Gasteiger partial charge in [-0.1, -0.05) is 57.0 Å². The predicted octanol–water partition coefficient (Wildman–Crippen LogP) is 7.32. The van der Waals surface area contributed by atoms with Gasteiger partial charge in [-0.05, 0) is 57.7 Å². The number of benzene rings is 1. The van der Waals surface area contributed by atoms with Gasteiger partial charge < -0.3 is 8.83 Å². The molecule has 0 bridgehead atoms. The zero-order chi connectivity index (χ0) is 23.7. The topological polar surface area (TPSA) is 26.5 Å². The van der Waals surface area contributed by atoms with Gasteiger partial charge in [0.25, 0.3) is 0 Å².